The van der Waals surface area contributed by atoms with Crippen molar-refractivity contribution in [3.05, 3.63) is 45.0 Å². The van der Waals surface area contributed by atoms with Gasteiger partial charge in [0.05, 0.1) is 11.0 Å². The molecule has 8 heteroatoms. The molecule has 0 saturated carbocycles. The maximum absolute atomic E-state index is 10.8. The SMILES string of the molecule is CCCNc1nccc(Oc2cc(Br)cc([N+](=O)[O-])c2)n1. The molecule has 0 radical (unpaired) electrons. The van der Waals surface area contributed by atoms with Gasteiger partial charge >= 0.3 is 0 Å². The van der Waals surface area contributed by atoms with Crippen molar-refractivity contribution in [3.63, 3.8) is 0 Å². The van der Waals surface area contributed by atoms with E-state index in [0.717, 1.165) is 13.0 Å². The molecule has 0 fully saturated rings. The highest BCUT2D eigenvalue weighted by Crippen LogP contribution is 2.29. The highest BCUT2D eigenvalue weighted by Gasteiger charge is 2.11. The van der Waals surface area contributed by atoms with Crippen LogP contribution in [0.25, 0.3) is 0 Å². The number of non-ortho nitro benzene ring substituents is 1. The highest BCUT2D eigenvalue weighted by atomic mass is 79.9. The first-order valence-electron chi connectivity index (χ1n) is 6.28. The highest BCUT2D eigenvalue weighted by molar-refractivity contribution is 9.10. The first-order chi connectivity index (χ1) is 10.1. The Hall–Kier alpha value is -2.22. The van der Waals surface area contributed by atoms with E-state index in [-0.39, 0.29) is 5.69 Å². The van der Waals surface area contributed by atoms with Crippen LogP contribution in [0, 0.1) is 10.1 Å². The Kier molecular flexibility index (Phi) is 5.04. The zero-order valence-electron chi connectivity index (χ0n) is 11.2. The van der Waals surface area contributed by atoms with Gasteiger partial charge in [0, 0.05) is 29.3 Å². The van der Waals surface area contributed by atoms with Crippen molar-refractivity contribution in [3.8, 4) is 11.6 Å². The average Bonchev–Trinajstić information content (AvgIpc) is 2.45. The van der Waals surface area contributed by atoms with Crippen LogP contribution in [0.15, 0.2) is 34.9 Å². The molecule has 0 saturated heterocycles. The van der Waals surface area contributed by atoms with E-state index >= 15 is 0 Å². The molecular formula is C13H13BrN4O3. The van der Waals surface area contributed by atoms with Gasteiger partial charge in [0.25, 0.3) is 5.69 Å². The molecule has 0 unspecified atom stereocenters. The fourth-order valence-electron chi connectivity index (χ4n) is 1.55. The Labute approximate surface area is 129 Å². The van der Waals surface area contributed by atoms with Gasteiger partial charge in [-0.25, -0.2) is 4.98 Å². The molecule has 1 aromatic heterocycles. The molecule has 1 aromatic carbocycles. The van der Waals surface area contributed by atoms with E-state index < -0.39 is 4.92 Å². The number of ether oxygens (including phenoxy) is 1. The standard InChI is InChI=1S/C13H13BrN4O3/c1-2-4-15-13-16-5-3-12(17-13)21-11-7-9(14)6-10(8-11)18(19)20/h3,5-8H,2,4H2,1H3,(H,15,16,17). The lowest BCUT2D eigenvalue weighted by molar-refractivity contribution is -0.385. The van der Waals surface area contributed by atoms with Gasteiger partial charge in [-0.05, 0) is 12.5 Å². The van der Waals surface area contributed by atoms with E-state index in [9.17, 15) is 10.1 Å². The predicted molar refractivity (Wildman–Crippen MR) is 81.7 cm³/mol. The Morgan fingerprint density at radius 3 is 2.95 bits per heavy atom. The second-order valence-electron chi connectivity index (χ2n) is 4.15. The van der Waals surface area contributed by atoms with E-state index in [2.05, 4.69) is 31.2 Å². The van der Waals surface area contributed by atoms with Crippen LogP contribution in [0.3, 0.4) is 0 Å². The lowest BCUT2D eigenvalue weighted by Gasteiger charge is -2.07. The lowest BCUT2D eigenvalue weighted by Crippen LogP contribution is -2.04. The van der Waals surface area contributed by atoms with Crippen molar-refractivity contribution in [2.75, 3.05) is 11.9 Å². The minimum atomic E-state index is -0.480. The maximum Gasteiger partial charge on any atom is 0.274 e. The number of aromatic nitrogens is 2. The number of nitro benzene ring substituents is 1. The Bertz CT molecular complexity index is 651. The summed E-state index contributed by atoms with van der Waals surface area (Å²) >= 11 is 3.21. The fourth-order valence-corrected chi connectivity index (χ4v) is 2.01. The number of nitro groups is 1. The van der Waals surface area contributed by atoms with Crippen LogP contribution < -0.4 is 10.1 Å². The van der Waals surface area contributed by atoms with Gasteiger partial charge in [-0.15, -0.1) is 0 Å². The molecule has 0 aliphatic heterocycles. The van der Waals surface area contributed by atoms with Crippen molar-refractivity contribution in [2.24, 2.45) is 0 Å². The molecule has 0 amide bonds. The first-order valence-corrected chi connectivity index (χ1v) is 7.07. The van der Waals surface area contributed by atoms with Crippen LogP contribution in [-0.2, 0) is 0 Å². The Morgan fingerprint density at radius 1 is 1.43 bits per heavy atom. The second-order valence-corrected chi connectivity index (χ2v) is 5.07. The van der Waals surface area contributed by atoms with E-state index in [4.69, 9.17) is 4.74 Å². The van der Waals surface area contributed by atoms with Crippen LogP contribution in [0.4, 0.5) is 11.6 Å². The number of rotatable bonds is 6. The molecule has 110 valence electrons. The summed E-state index contributed by atoms with van der Waals surface area (Å²) in [6, 6.07) is 5.96. The zero-order valence-corrected chi connectivity index (χ0v) is 12.8. The fraction of sp³-hybridized carbons (Fsp3) is 0.231. The number of nitrogens with zero attached hydrogens (tertiary/aromatic N) is 3. The average molecular weight is 353 g/mol. The summed E-state index contributed by atoms with van der Waals surface area (Å²) in [6.45, 7) is 2.79. The third-order valence-electron chi connectivity index (χ3n) is 2.45. The Balaban J connectivity index is 2.19. The minimum absolute atomic E-state index is 0.0576. The molecule has 1 heterocycles. The first kappa shape index (κ1) is 15.2. The quantitative estimate of drug-likeness (QED) is 0.628. The number of hydrogen-bond acceptors (Lipinski definition) is 6. The van der Waals surface area contributed by atoms with Crippen molar-refractivity contribution in [1.29, 1.82) is 0 Å². The summed E-state index contributed by atoms with van der Waals surface area (Å²) in [4.78, 5) is 18.6. The molecule has 0 atom stereocenters. The van der Waals surface area contributed by atoms with Gasteiger partial charge in [0.1, 0.15) is 5.75 Å². The molecular weight excluding hydrogens is 340 g/mol. The smallest absolute Gasteiger partial charge is 0.274 e. The van der Waals surface area contributed by atoms with Gasteiger partial charge in [-0.2, -0.15) is 4.98 Å². The topological polar surface area (TPSA) is 90.2 Å². The lowest BCUT2D eigenvalue weighted by atomic mass is 10.3. The maximum atomic E-state index is 10.8. The second kappa shape index (κ2) is 6.98. The molecule has 0 aliphatic carbocycles. The summed E-state index contributed by atoms with van der Waals surface area (Å²) in [7, 11) is 0. The third-order valence-corrected chi connectivity index (χ3v) is 2.91. The third kappa shape index (κ3) is 4.38. The van der Waals surface area contributed by atoms with Crippen molar-refractivity contribution < 1.29 is 9.66 Å². The van der Waals surface area contributed by atoms with Gasteiger partial charge in [0.15, 0.2) is 0 Å². The van der Waals surface area contributed by atoms with Gasteiger partial charge in [0.2, 0.25) is 11.8 Å². The molecule has 2 aromatic rings. The molecule has 2 rings (SSSR count). The number of benzene rings is 1. The van der Waals surface area contributed by atoms with E-state index in [1.165, 1.54) is 12.1 Å². The number of halogens is 1. The minimum Gasteiger partial charge on any atom is -0.439 e. The van der Waals surface area contributed by atoms with E-state index in [1.54, 1.807) is 18.3 Å². The van der Waals surface area contributed by atoms with Crippen LogP contribution in [0.5, 0.6) is 11.6 Å². The summed E-state index contributed by atoms with van der Waals surface area (Å²) < 4.78 is 6.11. The largest absolute Gasteiger partial charge is 0.439 e. The van der Waals surface area contributed by atoms with Gasteiger partial charge in [-0.3, -0.25) is 10.1 Å². The predicted octanol–water partition coefficient (Wildman–Crippen LogP) is 3.76. The Morgan fingerprint density at radius 2 is 2.24 bits per heavy atom. The van der Waals surface area contributed by atoms with Crippen LogP contribution in [-0.4, -0.2) is 21.4 Å². The summed E-state index contributed by atoms with van der Waals surface area (Å²) in [5.41, 5.74) is -0.0576. The van der Waals surface area contributed by atoms with Crippen molar-refractivity contribution >= 4 is 27.6 Å². The van der Waals surface area contributed by atoms with Crippen LogP contribution in [0.1, 0.15) is 13.3 Å². The van der Waals surface area contributed by atoms with E-state index in [1.807, 2.05) is 6.92 Å². The molecule has 0 spiro atoms. The summed E-state index contributed by atoms with van der Waals surface area (Å²) in [5.74, 6) is 1.10. The van der Waals surface area contributed by atoms with Crippen LogP contribution in [0.2, 0.25) is 0 Å². The van der Waals surface area contributed by atoms with E-state index in [0.29, 0.717) is 22.1 Å². The molecule has 0 bridgehead atoms. The van der Waals surface area contributed by atoms with Crippen LogP contribution >= 0.6 is 15.9 Å². The summed E-state index contributed by atoms with van der Waals surface area (Å²) in [5, 5.41) is 13.9. The zero-order chi connectivity index (χ0) is 15.2. The van der Waals surface area contributed by atoms with Gasteiger partial charge in [-0.1, -0.05) is 22.9 Å². The molecule has 1 N–H and O–H groups in total. The number of hydrogen-bond donors (Lipinski definition) is 1. The monoisotopic (exact) mass is 352 g/mol. The van der Waals surface area contributed by atoms with Crippen molar-refractivity contribution in [1.82, 2.24) is 9.97 Å². The van der Waals surface area contributed by atoms with Crippen molar-refractivity contribution in [2.45, 2.75) is 13.3 Å². The van der Waals surface area contributed by atoms with Gasteiger partial charge < -0.3 is 10.1 Å². The molecule has 21 heavy (non-hydrogen) atoms. The molecule has 0 aliphatic rings. The number of anilines is 1. The molecule has 7 nitrogen and oxygen atoms in total. The normalized spacial score (nSPS) is 10.2. The summed E-state index contributed by atoms with van der Waals surface area (Å²) in [6.07, 6.45) is 2.51. The number of nitrogens with one attached hydrogen (secondary N) is 1.